The van der Waals surface area contributed by atoms with Crippen molar-refractivity contribution in [2.24, 2.45) is 0 Å². The minimum atomic E-state index is -0.774. The number of carboxylic acid groups (broad SMARTS) is 1. The molecule has 0 spiro atoms. The lowest BCUT2D eigenvalue weighted by Crippen LogP contribution is -2.07. The predicted molar refractivity (Wildman–Crippen MR) is 51.9 cm³/mol. The summed E-state index contributed by atoms with van der Waals surface area (Å²) >= 11 is 0. The molecule has 0 saturated heterocycles. The van der Waals surface area contributed by atoms with Gasteiger partial charge in [-0.25, -0.2) is 0 Å². The first-order valence-electron chi connectivity index (χ1n) is 4.46. The van der Waals surface area contributed by atoms with Crippen LogP contribution in [0.15, 0.2) is 24.3 Å². The Morgan fingerprint density at radius 2 is 1.92 bits per heavy atom. The second-order valence-electron chi connectivity index (χ2n) is 3.16. The molecule has 0 unspecified atom stereocenters. The van der Waals surface area contributed by atoms with Gasteiger partial charge < -0.3 is 5.11 Å². The van der Waals surface area contributed by atoms with Crippen LogP contribution in [0.2, 0.25) is 0 Å². The Hall–Kier alpha value is -1.31. The SMILES string of the molecule is CCc1ccc([C@@H](C)C(=O)O)cc1. The highest BCUT2D eigenvalue weighted by Crippen LogP contribution is 2.15. The number of carbonyl (C=O) groups is 1. The van der Waals surface area contributed by atoms with Gasteiger partial charge in [0.25, 0.3) is 0 Å². The minimum absolute atomic E-state index is 0.411. The maximum absolute atomic E-state index is 10.7. The Labute approximate surface area is 78.2 Å². The van der Waals surface area contributed by atoms with E-state index >= 15 is 0 Å². The average molecular weight is 178 g/mol. The average Bonchev–Trinajstić information content (AvgIpc) is 2.17. The van der Waals surface area contributed by atoms with Gasteiger partial charge in [-0.3, -0.25) is 4.79 Å². The number of hydrogen-bond acceptors (Lipinski definition) is 1. The molecule has 1 atom stereocenters. The first-order chi connectivity index (χ1) is 6.15. The second kappa shape index (κ2) is 4.08. The Bertz CT molecular complexity index is 287. The van der Waals surface area contributed by atoms with Gasteiger partial charge in [0.15, 0.2) is 0 Å². The number of carboxylic acids is 1. The highest BCUT2D eigenvalue weighted by Gasteiger charge is 2.12. The summed E-state index contributed by atoms with van der Waals surface area (Å²) in [6.45, 7) is 3.78. The summed E-state index contributed by atoms with van der Waals surface area (Å²) in [5.74, 6) is -1.19. The summed E-state index contributed by atoms with van der Waals surface area (Å²) in [5, 5.41) is 8.76. The van der Waals surface area contributed by atoms with Crippen molar-refractivity contribution in [3.8, 4) is 0 Å². The fraction of sp³-hybridized carbons (Fsp3) is 0.364. The zero-order valence-corrected chi connectivity index (χ0v) is 7.95. The molecule has 0 amide bonds. The zero-order valence-electron chi connectivity index (χ0n) is 7.95. The van der Waals surface area contributed by atoms with Gasteiger partial charge in [-0.2, -0.15) is 0 Å². The third-order valence-electron chi connectivity index (χ3n) is 2.26. The number of aliphatic carboxylic acids is 1. The molecule has 0 heterocycles. The largest absolute Gasteiger partial charge is 0.481 e. The van der Waals surface area contributed by atoms with E-state index < -0.39 is 11.9 Å². The third kappa shape index (κ3) is 2.31. The van der Waals surface area contributed by atoms with Crippen LogP contribution in [0.25, 0.3) is 0 Å². The Kier molecular flexibility index (Phi) is 3.07. The van der Waals surface area contributed by atoms with Gasteiger partial charge in [0, 0.05) is 0 Å². The van der Waals surface area contributed by atoms with Crippen molar-refractivity contribution in [3.05, 3.63) is 35.4 Å². The zero-order chi connectivity index (χ0) is 9.84. The first kappa shape index (κ1) is 9.78. The topological polar surface area (TPSA) is 37.3 Å². The van der Waals surface area contributed by atoms with E-state index in [0.29, 0.717) is 0 Å². The molecule has 0 fully saturated rings. The first-order valence-corrected chi connectivity index (χ1v) is 4.46. The van der Waals surface area contributed by atoms with Crippen molar-refractivity contribution in [2.75, 3.05) is 0 Å². The second-order valence-corrected chi connectivity index (χ2v) is 3.16. The van der Waals surface area contributed by atoms with Crippen LogP contribution in [0.3, 0.4) is 0 Å². The molecule has 1 aromatic rings. The lowest BCUT2D eigenvalue weighted by molar-refractivity contribution is -0.138. The number of benzene rings is 1. The predicted octanol–water partition coefficient (Wildman–Crippen LogP) is 2.44. The van der Waals surface area contributed by atoms with E-state index in [-0.39, 0.29) is 0 Å². The van der Waals surface area contributed by atoms with E-state index in [1.807, 2.05) is 24.3 Å². The lowest BCUT2D eigenvalue weighted by Gasteiger charge is -2.06. The quantitative estimate of drug-likeness (QED) is 0.771. The fourth-order valence-corrected chi connectivity index (χ4v) is 1.18. The smallest absolute Gasteiger partial charge is 0.310 e. The van der Waals surface area contributed by atoms with Crippen LogP contribution in [0.4, 0.5) is 0 Å². The molecule has 0 aliphatic carbocycles. The van der Waals surface area contributed by atoms with Gasteiger partial charge in [-0.1, -0.05) is 31.2 Å². The van der Waals surface area contributed by atoms with Gasteiger partial charge in [0.05, 0.1) is 5.92 Å². The van der Waals surface area contributed by atoms with E-state index in [9.17, 15) is 4.79 Å². The molecule has 0 bridgehead atoms. The maximum Gasteiger partial charge on any atom is 0.310 e. The lowest BCUT2D eigenvalue weighted by atomic mass is 10.00. The molecule has 2 heteroatoms. The summed E-state index contributed by atoms with van der Waals surface area (Å²) in [7, 11) is 0. The standard InChI is InChI=1S/C11H14O2/c1-3-9-4-6-10(7-5-9)8(2)11(12)13/h4-8H,3H2,1-2H3,(H,12,13)/t8-/m1/s1. The highest BCUT2D eigenvalue weighted by atomic mass is 16.4. The Balaban J connectivity index is 2.85. The van der Waals surface area contributed by atoms with Crippen LogP contribution in [0.5, 0.6) is 0 Å². The molecule has 0 aliphatic rings. The van der Waals surface area contributed by atoms with Crippen molar-refractivity contribution >= 4 is 5.97 Å². The Morgan fingerprint density at radius 1 is 1.38 bits per heavy atom. The highest BCUT2D eigenvalue weighted by molar-refractivity contribution is 5.75. The van der Waals surface area contributed by atoms with Gasteiger partial charge in [0.2, 0.25) is 0 Å². The summed E-state index contributed by atoms with van der Waals surface area (Å²) in [4.78, 5) is 10.7. The van der Waals surface area contributed by atoms with Crippen LogP contribution in [0, 0.1) is 0 Å². The summed E-state index contributed by atoms with van der Waals surface area (Å²) in [5.41, 5.74) is 2.10. The normalized spacial score (nSPS) is 12.5. The maximum atomic E-state index is 10.7. The Morgan fingerprint density at radius 3 is 2.31 bits per heavy atom. The van der Waals surface area contributed by atoms with Crippen LogP contribution < -0.4 is 0 Å². The fourth-order valence-electron chi connectivity index (χ4n) is 1.18. The third-order valence-corrected chi connectivity index (χ3v) is 2.26. The van der Waals surface area contributed by atoms with Gasteiger partial charge in [-0.15, -0.1) is 0 Å². The molecule has 0 aliphatic heterocycles. The number of rotatable bonds is 3. The van der Waals surface area contributed by atoms with Gasteiger partial charge >= 0.3 is 5.97 Å². The van der Waals surface area contributed by atoms with Crippen molar-refractivity contribution < 1.29 is 9.90 Å². The van der Waals surface area contributed by atoms with Crippen molar-refractivity contribution in [1.82, 2.24) is 0 Å². The molecule has 0 aromatic heterocycles. The van der Waals surface area contributed by atoms with Gasteiger partial charge in [0.1, 0.15) is 0 Å². The van der Waals surface area contributed by atoms with Crippen molar-refractivity contribution in [2.45, 2.75) is 26.2 Å². The molecule has 1 aromatic carbocycles. The number of hydrogen-bond donors (Lipinski definition) is 1. The van der Waals surface area contributed by atoms with E-state index in [4.69, 9.17) is 5.11 Å². The molecule has 13 heavy (non-hydrogen) atoms. The molecule has 0 saturated carbocycles. The van der Waals surface area contributed by atoms with Crippen LogP contribution in [0.1, 0.15) is 30.9 Å². The van der Waals surface area contributed by atoms with Crippen LogP contribution >= 0.6 is 0 Å². The molecule has 70 valence electrons. The van der Waals surface area contributed by atoms with E-state index in [2.05, 4.69) is 6.92 Å². The molecule has 2 nitrogen and oxygen atoms in total. The molecule has 0 radical (unpaired) electrons. The van der Waals surface area contributed by atoms with Crippen molar-refractivity contribution in [1.29, 1.82) is 0 Å². The summed E-state index contributed by atoms with van der Waals surface area (Å²) in [6, 6.07) is 7.73. The van der Waals surface area contributed by atoms with E-state index in [0.717, 1.165) is 12.0 Å². The van der Waals surface area contributed by atoms with Crippen molar-refractivity contribution in [3.63, 3.8) is 0 Å². The summed E-state index contributed by atoms with van der Waals surface area (Å²) in [6.07, 6.45) is 0.988. The van der Waals surface area contributed by atoms with Crippen LogP contribution in [-0.4, -0.2) is 11.1 Å². The molecular weight excluding hydrogens is 164 g/mol. The summed E-state index contributed by atoms with van der Waals surface area (Å²) < 4.78 is 0. The van der Waals surface area contributed by atoms with Gasteiger partial charge in [-0.05, 0) is 24.5 Å². The molecular formula is C11H14O2. The van der Waals surface area contributed by atoms with E-state index in [1.165, 1.54) is 5.56 Å². The van der Waals surface area contributed by atoms with Crippen LogP contribution in [-0.2, 0) is 11.2 Å². The van der Waals surface area contributed by atoms with E-state index in [1.54, 1.807) is 6.92 Å². The monoisotopic (exact) mass is 178 g/mol. The minimum Gasteiger partial charge on any atom is -0.481 e. The number of aryl methyl sites for hydroxylation is 1. The molecule has 1 rings (SSSR count). The molecule has 1 N–H and O–H groups in total.